The Labute approximate surface area is 251 Å². The Bertz CT molecular complexity index is 1820. The van der Waals surface area contributed by atoms with E-state index in [1.54, 1.807) is 24.3 Å². The average molecular weight is 653 g/mol. The molecule has 0 fully saturated rings. The summed E-state index contributed by atoms with van der Waals surface area (Å²) >= 11 is 17.8. The first kappa shape index (κ1) is 29.0. The molecule has 2 N–H and O–H groups in total. The molecule has 212 valence electrons. The van der Waals surface area contributed by atoms with E-state index in [1.165, 1.54) is 66.7 Å². The van der Waals surface area contributed by atoms with Crippen molar-refractivity contribution in [3.8, 4) is 5.75 Å². The Hall–Kier alpha value is -3.48. The van der Waals surface area contributed by atoms with Crippen molar-refractivity contribution in [2.24, 2.45) is 0 Å². The second-order valence-electron chi connectivity index (χ2n) is 8.84. The maximum absolute atomic E-state index is 13.5. The lowest BCUT2D eigenvalue weighted by Crippen LogP contribution is -2.48. The monoisotopic (exact) mass is 651 g/mol. The topological polar surface area (TPSA) is 122 Å². The van der Waals surface area contributed by atoms with Gasteiger partial charge in [-0.2, -0.15) is 0 Å². The van der Waals surface area contributed by atoms with Gasteiger partial charge in [-0.25, -0.2) is 16.8 Å². The van der Waals surface area contributed by atoms with Crippen LogP contribution in [0.1, 0.15) is 0 Å². The quantitative estimate of drug-likeness (QED) is 0.251. The highest BCUT2D eigenvalue weighted by Crippen LogP contribution is 2.37. The molecule has 1 aliphatic heterocycles. The van der Waals surface area contributed by atoms with Gasteiger partial charge in [0.1, 0.15) is 5.75 Å². The van der Waals surface area contributed by atoms with E-state index in [0.29, 0.717) is 5.02 Å². The van der Waals surface area contributed by atoms with Crippen molar-refractivity contribution in [1.29, 1.82) is 0 Å². The third kappa shape index (κ3) is 6.39. The minimum atomic E-state index is -4.06. The summed E-state index contributed by atoms with van der Waals surface area (Å²) in [6.45, 7) is -0.299. The number of fused-ring (bicyclic) bond motifs is 1. The molecule has 1 atom stereocenters. The van der Waals surface area contributed by atoms with Crippen LogP contribution < -0.4 is 19.1 Å². The molecular weight excluding hydrogens is 633 g/mol. The smallest absolute Gasteiger partial charge is 0.267 e. The molecule has 41 heavy (non-hydrogen) atoms. The van der Waals surface area contributed by atoms with Gasteiger partial charge >= 0.3 is 0 Å². The minimum absolute atomic E-state index is 0.00298. The number of nitrogens with zero attached hydrogens (tertiary/aromatic N) is 1. The number of sulfonamides is 2. The lowest BCUT2D eigenvalue weighted by Gasteiger charge is -2.34. The number of carbonyl (C=O) groups is 1. The summed E-state index contributed by atoms with van der Waals surface area (Å²) in [7, 11) is -8.05. The first-order valence-electron chi connectivity index (χ1n) is 11.9. The summed E-state index contributed by atoms with van der Waals surface area (Å²) in [5.41, 5.74) is 0.747. The molecule has 0 spiro atoms. The minimum Gasteiger partial charge on any atom is -0.476 e. The van der Waals surface area contributed by atoms with Gasteiger partial charge in [-0.15, -0.1) is 0 Å². The number of para-hydroxylation sites is 2. The molecule has 0 saturated heterocycles. The molecule has 4 aromatic rings. The van der Waals surface area contributed by atoms with Gasteiger partial charge in [0.25, 0.3) is 26.0 Å². The zero-order valence-corrected chi connectivity index (χ0v) is 24.7. The fraction of sp³-hybridized carbons (Fsp3) is 0.0741. The standard InChI is InChI=1S/C27H20Cl3N3O6S2/c28-17-5-9-23(10-6-17)41(37,38)33-16-26(39-25-4-2-1-3-24(25)33)27(34)31-20-7-11-22(12-8-20)40(35,36)32-21-14-18(29)13-19(30)15-21/h1-15,26,32H,16H2,(H,31,34). The van der Waals surface area contributed by atoms with E-state index in [2.05, 4.69) is 10.0 Å². The maximum atomic E-state index is 13.5. The number of hydrogen-bond donors (Lipinski definition) is 2. The third-order valence-corrected chi connectivity index (χ3v) is 9.86. The van der Waals surface area contributed by atoms with E-state index in [9.17, 15) is 21.6 Å². The number of nitrogens with one attached hydrogen (secondary N) is 2. The predicted octanol–water partition coefficient (Wildman–Crippen LogP) is 6.04. The summed E-state index contributed by atoms with van der Waals surface area (Å²) < 4.78 is 62.0. The van der Waals surface area contributed by atoms with Crippen LogP contribution >= 0.6 is 34.8 Å². The van der Waals surface area contributed by atoms with Crippen molar-refractivity contribution in [3.05, 3.63) is 106 Å². The molecule has 0 bridgehead atoms. The largest absolute Gasteiger partial charge is 0.476 e. The number of carbonyl (C=O) groups excluding carboxylic acids is 1. The zero-order chi connectivity index (χ0) is 29.4. The van der Waals surface area contributed by atoms with Gasteiger partial charge in [-0.3, -0.25) is 13.8 Å². The molecule has 0 aliphatic carbocycles. The van der Waals surface area contributed by atoms with E-state index in [0.717, 1.165) is 4.31 Å². The van der Waals surface area contributed by atoms with Crippen LogP contribution in [-0.4, -0.2) is 35.4 Å². The normalized spacial score (nSPS) is 15.0. The van der Waals surface area contributed by atoms with Crippen LogP contribution in [0.4, 0.5) is 17.1 Å². The number of benzene rings is 4. The first-order valence-corrected chi connectivity index (χ1v) is 15.9. The third-order valence-electron chi connectivity index (χ3n) is 5.98. The highest BCUT2D eigenvalue weighted by atomic mass is 35.5. The average Bonchev–Trinajstić information content (AvgIpc) is 2.92. The van der Waals surface area contributed by atoms with E-state index in [1.807, 2.05) is 0 Å². The molecule has 5 rings (SSSR count). The lowest BCUT2D eigenvalue weighted by molar-refractivity contribution is -0.122. The van der Waals surface area contributed by atoms with Crippen LogP contribution in [0.3, 0.4) is 0 Å². The Kier molecular flexibility index (Phi) is 8.09. The lowest BCUT2D eigenvalue weighted by atomic mass is 10.2. The number of rotatable bonds is 7. The summed E-state index contributed by atoms with van der Waals surface area (Å²) in [5.74, 6) is -0.414. The fourth-order valence-electron chi connectivity index (χ4n) is 4.07. The van der Waals surface area contributed by atoms with Crippen molar-refractivity contribution in [3.63, 3.8) is 0 Å². The highest BCUT2D eigenvalue weighted by molar-refractivity contribution is 7.93. The summed E-state index contributed by atoms with van der Waals surface area (Å²) in [4.78, 5) is 13.1. The van der Waals surface area contributed by atoms with Gasteiger partial charge in [0.05, 0.1) is 27.7 Å². The number of halogens is 3. The van der Waals surface area contributed by atoms with Crippen molar-refractivity contribution in [2.75, 3.05) is 20.9 Å². The van der Waals surface area contributed by atoms with Crippen LogP contribution in [0.5, 0.6) is 5.75 Å². The highest BCUT2D eigenvalue weighted by Gasteiger charge is 2.37. The van der Waals surface area contributed by atoms with E-state index >= 15 is 0 Å². The zero-order valence-electron chi connectivity index (χ0n) is 20.8. The molecule has 0 saturated carbocycles. The van der Waals surface area contributed by atoms with Crippen LogP contribution in [0.25, 0.3) is 0 Å². The SMILES string of the molecule is O=C(Nc1ccc(S(=O)(=O)Nc2cc(Cl)cc(Cl)c2)cc1)C1CN(S(=O)(=O)c2ccc(Cl)cc2)c2ccccc2O1. The van der Waals surface area contributed by atoms with Crippen LogP contribution in [-0.2, 0) is 24.8 Å². The molecule has 0 aromatic heterocycles. The Morgan fingerprint density at radius 3 is 2.02 bits per heavy atom. The second kappa shape index (κ2) is 11.4. The van der Waals surface area contributed by atoms with Gasteiger partial charge in [-0.05, 0) is 78.9 Å². The van der Waals surface area contributed by atoms with Gasteiger partial charge in [0.15, 0.2) is 6.10 Å². The van der Waals surface area contributed by atoms with Crippen molar-refractivity contribution >= 4 is 77.8 Å². The van der Waals surface area contributed by atoms with Crippen LogP contribution in [0, 0.1) is 0 Å². The second-order valence-corrected chi connectivity index (χ2v) is 13.7. The van der Waals surface area contributed by atoms with Crippen molar-refractivity contribution in [2.45, 2.75) is 15.9 Å². The molecule has 1 amide bonds. The van der Waals surface area contributed by atoms with E-state index < -0.39 is 32.1 Å². The molecule has 1 aliphatic rings. The maximum Gasteiger partial charge on any atom is 0.267 e. The summed E-state index contributed by atoms with van der Waals surface area (Å²) in [6, 6.07) is 21.9. The molecule has 1 unspecified atom stereocenters. The predicted molar refractivity (Wildman–Crippen MR) is 159 cm³/mol. The van der Waals surface area contributed by atoms with Gasteiger partial charge < -0.3 is 10.1 Å². The van der Waals surface area contributed by atoms with Gasteiger partial charge in [0, 0.05) is 20.8 Å². The molecule has 0 radical (unpaired) electrons. The van der Waals surface area contributed by atoms with Crippen molar-refractivity contribution < 1.29 is 26.4 Å². The molecular formula is C27H20Cl3N3O6S2. The fourth-order valence-corrected chi connectivity index (χ4v) is 7.24. The first-order chi connectivity index (χ1) is 19.4. The number of ether oxygens (including phenoxy) is 1. The van der Waals surface area contributed by atoms with Crippen LogP contribution in [0.2, 0.25) is 15.1 Å². The van der Waals surface area contributed by atoms with Gasteiger partial charge in [0.2, 0.25) is 0 Å². The Balaban J connectivity index is 1.34. The number of anilines is 3. The van der Waals surface area contributed by atoms with Crippen LogP contribution in [0.15, 0.2) is 101 Å². The number of hydrogen-bond acceptors (Lipinski definition) is 6. The molecule has 4 aromatic carbocycles. The van der Waals surface area contributed by atoms with E-state index in [-0.39, 0.29) is 49.2 Å². The van der Waals surface area contributed by atoms with Crippen molar-refractivity contribution in [1.82, 2.24) is 0 Å². The number of amides is 1. The molecule has 1 heterocycles. The summed E-state index contributed by atoms with van der Waals surface area (Å²) in [6.07, 6.45) is -1.20. The molecule has 14 heteroatoms. The Morgan fingerprint density at radius 1 is 0.756 bits per heavy atom. The Morgan fingerprint density at radius 2 is 1.37 bits per heavy atom. The summed E-state index contributed by atoms with van der Waals surface area (Å²) in [5, 5.41) is 3.56. The van der Waals surface area contributed by atoms with Gasteiger partial charge in [-0.1, -0.05) is 46.9 Å². The molecule has 9 nitrogen and oxygen atoms in total. The van der Waals surface area contributed by atoms with E-state index in [4.69, 9.17) is 39.5 Å².